The highest BCUT2D eigenvalue weighted by Gasteiger charge is 2.15. The zero-order chi connectivity index (χ0) is 14.7. The lowest BCUT2D eigenvalue weighted by atomic mass is 10.1. The molecule has 0 atom stereocenters. The number of halogens is 1. The summed E-state index contributed by atoms with van der Waals surface area (Å²) in [6.07, 6.45) is 0. The molecule has 0 fully saturated rings. The molecule has 0 aliphatic carbocycles. The van der Waals surface area contributed by atoms with E-state index >= 15 is 0 Å². The molecule has 0 heterocycles. The molecular formula is C16H17FN2O. The molecule has 2 rings (SSSR count). The van der Waals surface area contributed by atoms with Crippen LogP contribution in [0, 0.1) is 12.7 Å². The number of amides is 1. The van der Waals surface area contributed by atoms with E-state index in [0.717, 1.165) is 11.1 Å². The Balaban J connectivity index is 2.19. The fourth-order valence-electron chi connectivity index (χ4n) is 2.05. The molecule has 104 valence electrons. The van der Waals surface area contributed by atoms with Crippen LogP contribution in [0.3, 0.4) is 0 Å². The molecule has 4 heteroatoms. The van der Waals surface area contributed by atoms with Gasteiger partial charge in [0.25, 0.3) is 5.91 Å². The number of nitrogens with zero attached hydrogens (tertiary/aromatic N) is 1. The zero-order valence-corrected chi connectivity index (χ0v) is 11.6. The number of carbonyl (C=O) groups is 1. The maximum absolute atomic E-state index is 13.1. The molecule has 0 spiro atoms. The monoisotopic (exact) mass is 272 g/mol. The third-order valence-corrected chi connectivity index (χ3v) is 3.21. The van der Waals surface area contributed by atoms with Crippen LogP contribution in [0.15, 0.2) is 42.5 Å². The maximum Gasteiger partial charge on any atom is 0.255 e. The van der Waals surface area contributed by atoms with Gasteiger partial charge in [-0.3, -0.25) is 4.79 Å². The summed E-state index contributed by atoms with van der Waals surface area (Å²) in [4.78, 5) is 13.9. The van der Waals surface area contributed by atoms with Crippen molar-refractivity contribution in [2.45, 2.75) is 13.5 Å². The molecule has 0 unspecified atom stereocenters. The first kappa shape index (κ1) is 14.1. The van der Waals surface area contributed by atoms with Crippen LogP contribution in [-0.2, 0) is 6.54 Å². The summed E-state index contributed by atoms with van der Waals surface area (Å²) in [5.41, 5.74) is 8.51. The smallest absolute Gasteiger partial charge is 0.255 e. The number of hydrogen-bond acceptors (Lipinski definition) is 2. The Bertz CT molecular complexity index is 640. The van der Waals surface area contributed by atoms with Crippen LogP contribution in [-0.4, -0.2) is 17.9 Å². The molecule has 0 radical (unpaired) electrons. The van der Waals surface area contributed by atoms with Crippen molar-refractivity contribution in [2.75, 3.05) is 12.8 Å². The largest absolute Gasteiger partial charge is 0.398 e. The Hall–Kier alpha value is -2.36. The van der Waals surface area contributed by atoms with Gasteiger partial charge in [0.2, 0.25) is 0 Å². The summed E-state index contributed by atoms with van der Waals surface area (Å²) >= 11 is 0. The second-order valence-electron chi connectivity index (χ2n) is 4.83. The Morgan fingerprint density at radius 1 is 1.25 bits per heavy atom. The SMILES string of the molecule is Cc1cccc(C(=O)N(C)Cc2cccc(F)c2)c1N. The zero-order valence-electron chi connectivity index (χ0n) is 11.6. The summed E-state index contributed by atoms with van der Waals surface area (Å²) in [6.45, 7) is 2.20. The van der Waals surface area contributed by atoms with Crippen molar-refractivity contribution in [3.63, 3.8) is 0 Å². The van der Waals surface area contributed by atoms with Crippen LogP contribution in [0.2, 0.25) is 0 Å². The predicted octanol–water partition coefficient (Wildman–Crippen LogP) is 2.99. The van der Waals surface area contributed by atoms with Gasteiger partial charge in [-0.1, -0.05) is 24.3 Å². The fourth-order valence-corrected chi connectivity index (χ4v) is 2.05. The topological polar surface area (TPSA) is 46.3 Å². The minimum atomic E-state index is -0.307. The highest BCUT2D eigenvalue weighted by atomic mass is 19.1. The number of anilines is 1. The summed E-state index contributed by atoms with van der Waals surface area (Å²) in [7, 11) is 1.68. The Labute approximate surface area is 117 Å². The first-order valence-corrected chi connectivity index (χ1v) is 6.34. The van der Waals surface area contributed by atoms with Gasteiger partial charge >= 0.3 is 0 Å². The molecule has 0 bridgehead atoms. The molecule has 3 nitrogen and oxygen atoms in total. The highest BCUT2D eigenvalue weighted by molar-refractivity contribution is 5.99. The lowest BCUT2D eigenvalue weighted by Crippen LogP contribution is -2.27. The van der Waals surface area contributed by atoms with Gasteiger partial charge < -0.3 is 10.6 Å². The maximum atomic E-state index is 13.1. The molecule has 20 heavy (non-hydrogen) atoms. The Kier molecular flexibility index (Phi) is 4.03. The van der Waals surface area contributed by atoms with Crippen molar-refractivity contribution in [3.8, 4) is 0 Å². The number of hydrogen-bond donors (Lipinski definition) is 1. The molecule has 2 aromatic carbocycles. The van der Waals surface area contributed by atoms with Gasteiger partial charge in [0, 0.05) is 19.3 Å². The van der Waals surface area contributed by atoms with E-state index in [1.54, 1.807) is 31.3 Å². The van der Waals surface area contributed by atoms with E-state index in [1.807, 2.05) is 13.0 Å². The van der Waals surface area contributed by atoms with Gasteiger partial charge in [-0.25, -0.2) is 4.39 Å². The van der Waals surface area contributed by atoms with Crippen molar-refractivity contribution in [1.82, 2.24) is 4.90 Å². The summed E-state index contributed by atoms with van der Waals surface area (Å²) < 4.78 is 13.1. The number of rotatable bonds is 3. The number of aryl methyl sites for hydroxylation is 1. The summed E-state index contributed by atoms with van der Waals surface area (Å²) in [6, 6.07) is 11.6. The van der Waals surface area contributed by atoms with Crippen LogP contribution in [0.1, 0.15) is 21.5 Å². The van der Waals surface area contributed by atoms with Crippen LogP contribution in [0.4, 0.5) is 10.1 Å². The Morgan fingerprint density at radius 2 is 1.95 bits per heavy atom. The molecule has 0 aromatic heterocycles. The van der Waals surface area contributed by atoms with Gasteiger partial charge in [0.1, 0.15) is 5.82 Å². The van der Waals surface area contributed by atoms with E-state index in [9.17, 15) is 9.18 Å². The number of nitrogen functional groups attached to an aromatic ring is 1. The van der Waals surface area contributed by atoms with E-state index < -0.39 is 0 Å². The lowest BCUT2D eigenvalue weighted by molar-refractivity contribution is 0.0786. The molecule has 2 N–H and O–H groups in total. The van der Waals surface area contributed by atoms with Gasteiger partial charge in [-0.15, -0.1) is 0 Å². The summed E-state index contributed by atoms with van der Waals surface area (Å²) in [5, 5.41) is 0. The van der Waals surface area contributed by atoms with Gasteiger partial charge in [0.15, 0.2) is 0 Å². The third kappa shape index (κ3) is 2.96. The average molecular weight is 272 g/mol. The second kappa shape index (κ2) is 5.74. The number of nitrogens with two attached hydrogens (primary N) is 1. The van der Waals surface area contributed by atoms with E-state index in [2.05, 4.69) is 0 Å². The van der Waals surface area contributed by atoms with Crippen LogP contribution in [0.25, 0.3) is 0 Å². The van der Waals surface area contributed by atoms with Crippen molar-refractivity contribution in [2.24, 2.45) is 0 Å². The molecule has 1 amide bonds. The van der Waals surface area contributed by atoms with Crippen molar-refractivity contribution < 1.29 is 9.18 Å². The van der Waals surface area contributed by atoms with E-state index in [1.165, 1.54) is 17.0 Å². The molecular weight excluding hydrogens is 255 g/mol. The standard InChI is InChI=1S/C16H17FN2O/c1-11-5-3-8-14(15(11)18)16(20)19(2)10-12-6-4-7-13(17)9-12/h3-9H,10,18H2,1-2H3. The normalized spacial score (nSPS) is 10.3. The van der Waals surface area contributed by atoms with E-state index in [4.69, 9.17) is 5.73 Å². The number of para-hydroxylation sites is 1. The minimum absolute atomic E-state index is 0.171. The average Bonchev–Trinajstić information content (AvgIpc) is 2.41. The van der Waals surface area contributed by atoms with Crippen molar-refractivity contribution in [1.29, 1.82) is 0 Å². The quantitative estimate of drug-likeness (QED) is 0.873. The third-order valence-electron chi connectivity index (χ3n) is 3.21. The van der Waals surface area contributed by atoms with Gasteiger partial charge in [0.05, 0.1) is 5.56 Å². The molecule has 0 saturated heterocycles. The summed E-state index contributed by atoms with van der Waals surface area (Å²) in [5.74, 6) is -0.478. The van der Waals surface area contributed by atoms with Crippen molar-refractivity contribution in [3.05, 3.63) is 65.0 Å². The predicted molar refractivity (Wildman–Crippen MR) is 77.8 cm³/mol. The van der Waals surface area contributed by atoms with Crippen LogP contribution in [0.5, 0.6) is 0 Å². The number of benzene rings is 2. The van der Waals surface area contributed by atoms with E-state index in [-0.39, 0.29) is 11.7 Å². The fraction of sp³-hybridized carbons (Fsp3) is 0.188. The molecule has 2 aromatic rings. The molecule has 0 aliphatic rings. The molecule has 0 saturated carbocycles. The van der Waals surface area contributed by atoms with Gasteiger partial charge in [-0.2, -0.15) is 0 Å². The lowest BCUT2D eigenvalue weighted by Gasteiger charge is -2.19. The van der Waals surface area contributed by atoms with Gasteiger partial charge in [-0.05, 0) is 36.2 Å². The molecule has 0 aliphatic heterocycles. The van der Waals surface area contributed by atoms with Crippen LogP contribution < -0.4 is 5.73 Å². The van der Waals surface area contributed by atoms with Crippen LogP contribution >= 0.6 is 0 Å². The van der Waals surface area contributed by atoms with Crippen molar-refractivity contribution >= 4 is 11.6 Å². The highest BCUT2D eigenvalue weighted by Crippen LogP contribution is 2.19. The number of carbonyl (C=O) groups excluding carboxylic acids is 1. The first-order valence-electron chi connectivity index (χ1n) is 6.34. The van der Waals surface area contributed by atoms with E-state index in [0.29, 0.717) is 17.8 Å². The second-order valence-corrected chi connectivity index (χ2v) is 4.83. The minimum Gasteiger partial charge on any atom is -0.398 e. The Morgan fingerprint density at radius 3 is 2.65 bits per heavy atom. The first-order chi connectivity index (χ1) is 9.49.